The molecule has 27 heavy (non-hydrogen) atoms. The minimum atomic E-state index is 0.880. The second-order valence-electron chi connectivity index (χ2n) is 7.11. The van der Waals surface area contributed by atoms with E-state index < -0.39 is 0 Å². The van der Waals surface area contributed by atoms with Crippen LogP contribution in [0.3, 0.4) is 0 Å². The molecular formula is C25H29NO. The zero-order valence-corrected chi connectivity index (χ0v) is 16.4. The Labute approximate surface area is 163 Å². The summed E-state index contributed by atoms with van der Waals surface area (Å²) in [5.74, 6) is 1.77. The van der Waals surface area contributed by atoms with Gasteiger partial charge in [0.15, 0.2) is 0 Å². The van der Waals surface area contributed by atoms with Gasteiger partial charge in [0.25, 0.3) is 0 Å². The molecule has 0 aliphatic carbocycles. The van der Waals surface area contributed by atoms with E-state index in [0.29, 0.717) is 0 Å². The van der Waals surface area contributed by atoms with Crippen LogP contribution in [-0.2, 0) is 13.1 Å². The lowest BCUT2D eigenvalue weighted by atomic mass is 10.1. The van der Waals surface area contributed by atoms with Gasteiger partial charge in [-0.1, -0.05) is 73.5 Å². The van der Waals surface area contributed by atoms with E-state index in [-0.39, 0.29) is 0 Å². The molecule has 0 saturated heterocycles. The van der Waals surface area contributed by atoms with Crippen molar-refractivity contribution in [1.29, 1.82) is 0 Å². The van der Waals surface area contributed by atoms with Crippen molar-refractivity contribution in [2.45, 2.75) is 39.8 Å². The topological polar surface area (TPSA) is 12.5 Å². The second kappa shape index (κ2) is 9.94. The summed E-state index contributed by atoms with van der Waals surface area (Å²) in [5, 5.41) is 0. The molecule has 0 saturated carbocycles. The molecule has 2 nitrogen and oxygen atoms in total. The van der Waals surface area contributed by atoms with Gasteiger partial charge in [0, 0.05) is 13.1 Å². The van der Waals surface area contributed by atoms with Crippen molar-refractivity contribution >= 4 is 0 Å². The number of nitrogens with zero attached hydrogens (tertiary/aromatic N) is 1. The van der Waals surface area contributed by atoms with Crippen molar-refractivity contribution in [3.05, 3.63) is 95.6 Å². The maximum absolute atomic E-state index is 6.04. The zero-order chi connectivity index (χ0) is 18.9. The second-order valence-corrected chi connectivity index (χ2v) is 7.11. The molecule has 0 aromatic heterocycles. The summed E-state index contributed by atoms with van der Waals surface area (Å²) in [4.78, 5) is 2.52. The van der Waals surface area contributed by atoms with Gasteiger partial charge in [-0.25, -0.2) is 0 Å². The Hall–Kier alpha value is -2.58. The normalized spacial score (nSPS) is 10.9. The first-order valence-corrected chi connectivity index (χ1v) is 9.82. The van der Waals surface area contributed by atoms with Gasteiger partial charge in [0.1, 0.15) is 11.5 Å². The highest BCUT2D eigenvalue weighted by Gasteiger charge is 2.08. The molecule has 0 spiro atoms. The number of unbranched alkanes of at least 4 members (excludes halogenated alkanes) is 1. The first kappa shape index (κ1) is 19.2. The van der Waals surface area contributed by atoms with Gasteiger partial charge in [0.05, 0.1) is 0 Å². The fourth-order valence-corrected chi connectivity index (χ4v) is 3.15. The molecule has 3 rings (SSSR count). The molecule has 140 valence electrons. The Bertz CT molecular complexity index is 811. The number of aryl methyl sites for hydroxylation is 1. The summed E-state index contributed by atoms with van der Waals surface area (Å²) >= 11 is 0. The van der Waals surface area contributed by atoms with Crippen LogP contribution < -0.4 is 4.74 Å². The standard InChI is InChI=1S/C25H29NO/c1-3-4-17-26(19-22-9-6-5-7-10-22)20-23-11-8-12-25(18-23)27-24-15-13-21(2)14-16-24/h5-16,18H,3-4,17,19-20H2,1-2H3. The van der Waals surface area contributed by atoms with E-state index in [2.05, 4.69) is 79.4 Å². The predicted octanol–water partition coefficient (Wildman–Crippen LogP) is 6.59. The Kier molecular flexibility index (Phi) is 7.06. The van der Waals surface area contributed by atoms with Crippen molar-refractivity contribution in [3.8, 4) is 11.5 Å². The first-order valence-electron chi connectivity index (χ1n) is 9.82. The molecule has 2 heteroatoms. The van der Waals surface area contributed by atoms with Crippen molar-refractivity contribution in [2.75, 3.05) is 6.54 Å². The quantitative estimate of drug-likeness (QED) is 0.427. The van der Waals surface area contributed by atoms with E-state index in [9.17, 15) is 0 Å². The SMILES string of the molecule is CCCCN(Cc1ccccc1)Cc1cccc(Oc2ccc(C)cc2)c1. The lowest BCUT2D eigenvalue weighted by Gasteiger charge is -2.22. The Morgan fingerprint density at radius 3 is 2.19 bits per heavy atom. The van der Waals surface area contributed by atoms with Crippen LogP contribution in [0.1, 0.15) is 36.5 Å². The third-order valence-electron chi connectivity index (χ3n) is 4.64. The van der Waals surface area contributed by atoms with Crippen molar-refractivity contribution in [3.63, 3.8) is 0 Å². The smallest absolute Gasteiger partial charge is 0.127 e. The third kappa shape index (κ3) is 6.26. The van der Waals surface area contributed by atoms with E-state index in [4.69, 9.17) is 4.74 Å². The highest BCUT2D eigenvalue weighted by atomic mass is 16.5. The zero-order valence-electron chi connectivity index (χ0n) is 16.4. The number of hydrogen-bond donors (Lipinski definition) is 0. The third-order valence-corrected chi connectivity index (χ3v) is 4.64. The van der Waals surface area contributed by atoms with E-state index in [1.165, 1.54) is 29.5 Å². The summed E-state index contributed by atoms with van der Waals surface area (Å²) < 4.78 is 6.04. The largest absolute Gasteiger partial charge is 0.457 e. The monoisotopic (exact) mass is 359 g/mol. The Morgan fingerprint density at radius 2 is 1.44 bits per heavy atom. The molecule has 0 fully saturated rings. The molecule has 0 unspecified atom stereocenters. The molecule has 0 aliphatic heterocycles. The number of hydrogen-bond acceptors (Lipinski definition) is 2. The van der Waals surface area contributed by atoms with E-state index in [1.54, 1.807) is 0 Å². The van der Waals surface area contributed by atoms with Gasteiger partial charge in [-0.15, -0.1) is 0 Å². The molecular weight excluding hydrogens is 330 g/mol. The van der Waals surface area contributed by atoms with Gasteiger partial charge >= 0.3 is 0 Å². The summed E-state index contributed by atoms with van der Waals surface area (Å²) in [6.07, 6.45) is 2.42. The van der Waals surface area contributed by atoms with Crippen LogP contribution >= 0.6 is 0 Å². The fraction of sp³-hybridized carbons (Fsp3) is 0.280. The Balaban J connectivity index is 1.68. The minimum Gasteiger partial charge on any atom is -0.457 e. The van der Waals surface area contributed by atoms with Gasteiger partial charge in [-0.3, -0.25) is 4.90 Å². The van der Waals surface area contributed by atoms with Gasteiger partial charge in [0.2, 0.25) is 0 Å². The molecule has 0 radical (unpaired) electrons. The van der Waals surface area contributed by atoms with Crippen molar-refractivity contribution in [1.82, 2.24) is 4.90 Å². The molecule has 0 heterocycles. The molecule has 0 N–H and O–H groups in total. The van der Waals surface area contributed by atoms with Gasteiger partial charge in [-0.2, -0.15) is 0 Å². The van der Waals surface area contributed by atoms with Crippen LogP contribution in [0.2, 0.25) is 0 Å². The maximum atomic E-state index is 6.04. The highest BCUT2D eigenvalue weighted by molar-refractivity contribution is 5.35. The van der Waals surface area contributed by atoms with Crippen molar-refractivity contribution < 1.29 is 4.74 Å². The molecule has 0 bridgehead atoms. The van der Waals surface area contributed by atoms with Gasteiger partial charge in [-0.05, 0) is 55.3 Å². The number of rotatable bonds is 9. The van der Waals surface area contributed by atoms with Gasteiger partial charge < -0.3 is 4.74 Å². The summed E-state index contributed by atoms with van der Waals surface area (Å²) in [6, 6.07) is 27.4. The summed E-state index contributed by atoms with van der Waals surface area (Å²) in [5.41, 5.74) is 3.89. The molecule has 0 amide bonds. The van der Waals surface area contributed by atoms with Crippen LogP contribution in [0.5, 0.6) is 11.5 Å². The fourth-order valence-electron chi connectivity index (χ4n) is 3.15. The number of ether oxygens (including phenoxy) is 1. The van der Waals surface area contributed by atoms with Crippen LogP contribution in [0.25, 0.3) is 0 Å². The Morgan fingerprint density at radius 1 is 0.741 bits per heavy atom. The van der Waals surface area contributed by atoms with Crippen LogP contribution in [0.4, 0.5) is 0 Å². The van der Waals surface area contributed by atoms with Crippen LogP contribution in [0.15, 0.2) is 78.9 Å². The van der Waals surface area contributed by atoms with E-state index in [0.717, 1.165) is 31.1 Å². The van der Waals surface area contributed by atoms with Crippen molar-refractivity contribution in [2.24, 2.45) is 0 Å². The van der Waals surface area contributed by atoms with E-state index >= 15 is 0 Å². The average Bonchev–Trinajstić information content (AvgIpc) is 2.69. The predicted molar refractivity (Wildman–Crippen MR) is 113 cm³/mol. The summed E-state index contributed by atoms with van der Waals surface area (Å²) in [7, 11) is 0. The first-order chi connectivity index (χ1) is 13.2. The van der Waals surface area contributed by atoms with E-state index in [1.807, 2.05) is 18.2 Å². The molecule has 0 aliphatic rings. The van der Waals surface area contributed by atoms with Crippen LogP contribution in [-0.4, -0.2) is 11.4 Å². The van der Waals surface area contributed by atoms with Crippen LogP contribution in [0, 0.1) is 6.92 Å². The number of benzene rings is 3. The molecule has 3 aromatic rings. The maximum Gasteiger partial charge on any atom is 0.127 e. The lowest BCUT2D eigenvalue weighted by Crippen LogP contribution is -2.24. The lowest BCUT2D eigenvalue weighted by molar-refractivity contribution is 0.252. The highest BCUT2D eigenvalue weighted by Crippen LogP contribution is 2.23. The average molecular weight is 360 g/mol. The minimum absolute atomic E-state index is 0.880. The molecule has 0 atom stereocenters. The summed E-state index contributed by atoms with van der Waals surface area (Å²) in [6.45, 7) is 7.34. The molecule has 3 aromatic carbocycles.